The standard InChI is InChI=1S/C15H9F2N3/c16-9-7-11(17)15-13(8-9)19-12-4-2-1-3-10(12)14-5-6-18-20(14)15/h1-8,19H. The lowest BCUT2D eigenvalue weighted by Gasteiger charge is -2.10. The van der Waals surface area contributed by atoms with Gasteiger partial charge < -0.3 is 5.32 Å². The average molecular weight is 269 g/mol. The molecule has 0 radical (unpaired) electrons. The van der Waals surface area contributed by atoms with E-state index in [0.717, 1.165) is 23.0 Å². The maximum absolute atomic E-state index is 14.2. The lowest BCUT2D eigenvalue weighted by Crippen LogP contribution is -2.03. The van der Waals surface area contributed by atoms with Crippen LogP contribution in [0.5, 0.6) is 0 Å². The predicted molar refractivity (Wildman–Crippen MR) is 72.2 cm³/mol. The number of rotatable bonds is 0. The van der Waals surface area contributed by atoms with Crippen molar-refractivity contribution < 1.29 is 8.78 Å². The van der Waals surface area contributed by atoms with Crippen molar-refractivity contribution in [3.63, 3.8) is 0 Å². The maximum Gasteiger partial charge on any atom is 0.153 e. The quantitative estimate of drug-likeness (QED) is 0.525. The molecule has 0 fully saturated rings. The zero-order valence-corrected chi connectivity index (χ0v) is 10.3. The van der Waals surface area contributed by atoms with Crippen molar-refractivity contribution in [2.45, 2.75) is 0 Å². The first-order valence-electron chi connectivity index (χ1n) is 6.14. The number of para-hydroxylation sites is 1. The minimum Gasteiger partial charge on any atom is -0.353 e. The summed E-state index contributed by atoms with van der Waals surface area (Å²) in [6, 6.07) is 11.5. The Labute approximate surface area is 113 Å². The molecule has 3 aromatic rings. The molecule has 0 saturated carbocycles. The molecule has 2 heterocycles. The van der Waals surface area contributed by atoms with Crippen molar-refractivity contribution in [1.29, 1.82) is 0 Å². The maximum atomic E-state index is 14.2. The summed E-state index contributed by atoms with van der Waals surface area (Å²) < 4.78 is 29.1. The molecule has 0 saturated heterocycles. The van der Waals surface area contributed by atoms with E-state index in [1.54, 1.807) is 12.3 Å². The average Bonchev–Trinajstić information content (AvgIpc) is 2.83. The summed E-state index contributed by atoms with van der Waals surface area (Å²) in [5, 5.41) is 7.24. The van der Waals surface area contributed by atoms with Crippen molar-refractivity contribution in [3.8, 4) is 16.9 Å². The molecule has 1 aliphatic heterocycles. The number of hydrogen-bond acceptors (Lipinski definition) is 2. The molecule has 0 unspecified atom stereocenters. The highest BCUT2D eigenvalue weighted by atomic mass is 19.1. The summed E-state index contributed by atoms with van der Waals surface area (Å²) >= 11 is 0. The monoisotopic (exact) mass is 269 g/mol. The lowest BCUT2D eigenvalue weighted by atomic mass is 10.1. The number of hydrogen-bond donors (Lipinski definition) is 1. The van der Waals surface area contributed by atoms with Crippen LogP contribution >= 0.6 is 0 Å². The summed E-state index contributed by atoms with van der Waals surface area (Å²) in [4.78, 5) is 0. The minimum atomic E-state index is -0.648. The van der Waals surface area contributed by atoms with E-state index < -0.39 is 11.6 Å². The first kappa shape index (κ1) is 11.2. The number of benzene rings is 2. The molecule has 2 aromatic carbocycles. The van der Waals surface area contributed by atoms with Crippen LogP contribution in [-0.2, 0) is 0 Å². The van der Waals surface area contributed by atoms with Crippen LogP contribution < -0.4 is 5.32 Å². The van der Waals surface area contributed by atoms with Gasteiger partial charge in [0.05, 0.1) is 17.6 Å². The molecular weight excluding hydrogens is 260 g/mol. The SMILES string of the molecule is Fc1cc(F)c2c(c1)Nc1ccccc1-c1ccnn1-2. The van der Waals surface area contributed by atoms with Gasteiger partial charge in [0, 0.05) is 17.3 Å². The van der Waals surface area contributed by atoms with E-state index in [0.29, 0.717) is 5.69 Å². The van der Waals surface area contributed by atoms with E-state index in [4.69, 9.17) is 0 Å². The number of fused-ring (bicyclic) bond motifs is 5. The second-order valence-corrected chi connectivity index (χ2v) is 4.58. The Morgan fingerprint density at radius 1 is 1.00 bits per heavy atom. The molecule has 0 aliphatic carbocycles. The highest BCUT2D eigenvalue weighted by Gasteiger charge is 2.22. The second kappa shape index (κ2) is 3.90. The van der Waals surface area contributed by atoms with E-state index in [-0.39, 0.29) is 5.69 Å². The van der Waals surface area contributed by atoms with E-state index in [1.807, 2.05) is 24.3 Å². The van der Waals surface area contributed by atoms with Gasteiger partial charge in [0.1, 0.15) is 11.5 Å². The molecule has 1 N–H and O–H groups in total. The molecule has 0 bridgehead atoms. The van der Waals surface area contributed by atoms with Crippen LogP contribution in [0.4, 0.5) is 20.2 Å². The van der Waals surface area contributed by atoms with E-state index >= 15 is 0 Å². The summed E-state index contributed by atoms with van der Waals surface area (Å²) in [5.74, 6) is -1.27. The summed E-state index contributed by atoms with van der Waals surface area (Å²) in [7, 11) is 0. The van der Waals surface area contributed by atoms with Crippen molar-refractivity contribution in [1.82, 2.24) is 9.78 Å². The third-order valence-electron chi connectivity index (χ3n) is 3.36. The van der Waals surface area contributed by atoms with Crippen LogP contribution in [0, 0.1) is 11.6 Å². The van der Waals surface area contributed by atoms with Gasteiger partial charge >= 0.3 is 0 Å². The Balaban J connectivity index is 2.12. The van der Waals surface area contributed by atoms with Crippen molar-refractivity contribution >= 4 is 11.4 Å². The van der Waals surface area contributed by atoms with Crippen LogP contribution in [0.1, 0.15) is 0 Å². The second-order valence-electron chi connectivity index (χ2n) is 4.58. The Kier molecular flexibility index (Phi) is 2.18. The van der Waals surface area contributed by atoms with Gasteiger partial charge in [-0.05, 0) is 18.2 Å². The Bertz CT molecular complexity index is 824. The van der Waals surface area contributed by atoms with Gasteiger partial charge in [-0.15, -0.1) is 0 Å². The van der Waals surface area contributed by atoms with Crippen molar-refractivity contribution in [3.05, 3.63) is 60.3 Å². The Morgan fingerprint density at radius 2 is 1.85 bits per heavy atom. The zero-order chi connectivity index (χ0) is 13.7. The highest BCUT2D eigenvalue weighted by Crippen LogP contribution is 2.38. The first-order chi connectivity index (χ1) is 9.74. The lowest BCUT2D eigenvalue weighted by molar-refractivity contribution is 0.575. The topological polar surface area (TPSA) is 29.9 Å². The highest BCUT2D eigenvalue weighted by molar-refractivity contribution is 5.85. The molecule has 1 aromatic heterocycles. The fraction of sp³-hybridized carbons (Fsp3) is 0. The van der Waals surface area contributed by atoms with Gasteiger partial charge in [-0.3, -0.25) is 0 Å². The smallest absolute Gasteiger partial charge is 0.153 e. The van der Waals surface area contributed by atoms with Crippen molar-refractivity contribution in [2.75, 3.05) is 5.32 Å². The Morgan fingerprint density at radius 3 is 2.75 bits per heavy atom. The molecule has 5 heteroatoms. The number of aromatic nitrogens is 2. The summed E-state index contributed by atoms with van der Waals surface area (Å²) in [6.45, 7) is 0. The predicted octanol–water partition coefficient (Wildman–Crippen LogP) is 3.87. The molecule has 3 nitrogen and oxygen atoms in total. The van der Waals surface area contributed by atoms with Gasteiger partial charge in [0.25, 0.3) is 0 Å². The largest absolute Gasteiger partial charge is 0.353 e. The molecule has 4 rings (SSSR count). The number of anilines is 2. The molecule has 98 valence electrons. The number of halogens is 2. The third kappa shape index (κ3) is 1.46. The van der Waals surface area contributed by atoms with Gasteiger partial charge in [0.15, 0.2) is 5.82 Å². The zero-order valence-electron chi connectivity index (χ0n) is 10.3. The summed E-state index contributed by atoms with van der Waals surface area (Å²) in [5.41, 5.74) is 3.02. The molecule has 20 heavy (non-hydrogen) atoms. The fourth-order valence-electron chi connectivity index (χ4n) is 2.52. The minimum absolute atomic E-state index is 0.225. The van der Waals surface area contributed by atoms with E-state index in [9.17, 15) is 8.78 Å². The molecule has 0 spiro atoms. The van der Waals surface area contributed by atoms with Crippen LogP contribution in [0.25, 0.3) is 16.9 Å². The number of nitrogens with one attached hydrogen (secondary N) is 1. The first-order valence-corrected chi connectivity index (χ1v) is 6.14. The molecule has 1 aliphatic rings. The van der Waals surface area contributed by atoms with Crippen LogP contribution in [0.15, 0.2) is 48.7 Å². The van der Waals surface area contributed by atoms with Crippen LogP contribution in [0.2, 0.25) is 0 Å². The Hall–Kier alpha value is -2.69. The van der Waals surface area contributed by atoms with Gasteiger partial charge in [-0.2, -0.15) is 5.10 Å². The van der Waals surface area contributed by atoms with E-state index in [2.05, 4.69) is 10.4 Å². The molecule has 0 amide bonds. The third-order valence-corrected chi connectivity index (χ3v) is 3.36. The van der Waals surface area contributed by atoms with Gasteiger partial charge in [0.2, 0.25) is 0 Å². The fourth-order valence-corrected chi connectivity index (χ4v) is 2.52. The molecular formula is C15H9F2N3. The number of nitrogens with zero attached hydrogens (tertiary/aromatic N) is 2. The van der Waals surface area contributed by atoms with Crippen LogP contribution in [-0.4, -0.2) is 9.78 Å². The van der Waals surface area contributed by atoms with Gasteiger partial charge in [-0.1, -0.05) is 18.2 Å². The molecule has 0 atom stereocenters. The normalized spacial score (nSPS) is 11.9. The van der Waals surface area contributed by atoms with Gasteiger partial charge in [-0.25, -0.2) is 13.5 Å². The van der Waals surface area contributed by atoms with Crippen molar-refractivity contribution in [2.24, 2.45) is 0 Å². The van der Waals surface area contributed by atoms with Crippen LogP contribution in [0.3, 0.4) is 0 Å². The summed E-state index contributed by atoms with van der Waals surface area (Å²) in [6.07, 6.45) is 1.60. The van der Waals surface area contributed by atoms with E-state index in [1.165, 1.54) is 10.7 Å².